The van der Waals surface area contributed by atoms with Gasteiger partial charge < -0.3 is 14.2 Å². The molecule has 3 aromatic rings. The van der Waals surface area contributed by atoms with E-state index in [4.69, 9.17) is 4.74 Å². The Labute approximate surface area is 158 Å². The fourth-order valence-corrected chi connectivity index (χ4v) is 3.53. The molecule has 1 aromatic heterocycles. The molecule has 0 spiro atoms. The first-order chi connectivity index (χ1) is 13.2. The van der Waals surface area contributed by atoms with Gasteiger partial charge in [0.15, 0.2) is 0 Å². The summed E-state index contributed by atoms with van der Waals surface area (Å²) in [4.78, 5) is 14.0. The molecule has 136 valence electrons. The van der Waals surface area contributed by atoms with Crippen LogP contribution in [0.2, 0.25) is 0 Å². The number of benzene rings is 2. The quantitative estimate of drug-likeness (QED) is 0.646. The van der Waals surface area contributed by atoms with E-state index < -0.39 is 0 Å². The second-order valence-corrected chi connectivity index (χ2v) is 6.74. The van der Waals surface area contributed by atoms with Crippen LogP contribution in [0.3, 0.4) is 0 Å². The Morgan fingerprint density at radius 1 is 1.19 bits per heavy atom. The normalized spacial score (nSPS) is 12.9. The maximum absolute atomic E-state index is 12.2. The van der Waals surface area contributed by atoms with Gasteiger partial charge in [-0.2, -0.15) is 5.26 Å². The minimum atomic E-state index is 0.0703. The SMILES string of the molecule is CCCn1c(-c2ccc(C(=O)N3CC3)cc2)c(C#N)c2ccc(OC)cc21. The molecule has 1 amide bonds. The number of hydrogen-bond acceptors (Lipinski definition) is 3. The van der Waals surface area contributed by atoms with Crippen molar-refractivity contribution in [2.24, 2.45) is 0 Å². The predicted octanol–water partition coefficient (Wildman–Crippen LogP) is 4.05. The van der Waals surface area contributed by atoms with Gasteiger partial charge in [0.25, 0.3) is 5.91 Å². The summed E-state index contributed by atoms with van der Waals surface area (Å²) in [6, 6.07) is 15.8. The molecule has 0 radical (unpaired) electrons. The largest absolute Gasteiger partial charge is 0.497 e. The van der Waals surface area contributed by atoms with Gasteiger partial charge in [-0.05, 0) is 36.2 Å². The lowest BCUT2D eigenvalue weighted by molar-refractivity contribution is 0.0885. The van der Waals surface area contributed by atoms with E-state index in [2.05, 4.69) is 17.6 Å². The number of carbonyl (C=O) groups is 1. The lowest BCUT2D eigenvalue weighted by Gasteiger charge is -2.11. The molecule has 1 saturated heterocycles. The highest BCUT2D eigenvalue weighted by Gasteiger charge is 2.25. The van der Waals surface area contributed by atoms with Crippen molar-refractivity contribution in [1.29, 1.82) is 5.26 Å². The second kappa shape index (κ2) is 6.81. The topological polar surface area (TPSA) is 58.0 Å². The maximum Gasteiger partial charge on any atom is 0.253 e. The second-order valence-electron chi connectivity index (χ2n) is 6.74. The molecule has 0 atom stereocenters. The Bertz CT molecular complexity index is 1050. The zero-order valence-electron chi connectivity index (χ0n) is 15.5. The summed E-state index contributed by atoms with van der Waals surface area (Å²) in [5.74, 6) is 0.841. The number of amides is 1. The van der Waals surface area contributed by atoms with Gasteiger partial charge in [0.1, 0.15) is 11.8 Å². The Hall–Kier alpha value is -3.26. The number of nitriles is 1. The van der Waals surface area contributed by atoms with Crippen molar-refractivity contribution < 1.29 is 9.53 Å². The Kier molecular flexibility index (Phi) is 4.33. The van der Waals surface area contributed by atoms with Gasteiger partial charge in [-0.25, -0.2) is 0 Å². The van der Waals surface area contributed by atoms with Crippen molar-refractivity contribution in [2.45, 2.75) is 19.9 Å². The molecule has 0 N–H and O–H groups in total. The van der Waals surface area contributed by atoms with Gasteiger partial charge in [-0.15, -0.1) is 0 Å². The first-order valence-corrected chi connectivity index (χ1v) is 9.18. The molecule has 0 aliphatic carbocycles. The summed E-state index contributed by atoms with van der Waals surface area (Å²) in [7, 11) is 1.64. The molecule has 27 heavy (non-hydrogen) atoms. The van der Waals surface area contributed by atoms with Crippen molar-refractivity contribution in [2.75, 3.05) is 20.2 Å². The van der Waals surface area contributed by atoms with Gasteiger partial charge in [0, 0.05) is 36.7 Å². The number of fused-ring (bicyclic) bond motifs is 1. The first-order valence-electron chi connectivity index (χ1n) is 9.18. The van der Waals surface area contributed by atoms with Crippen molar-refractivity contribution in [3.05, 3.63) is 53.6 Å². The standard InChI is InChI=1S/C22H21N3O2/c1-3-10-25-20-13-17(27-2)8-9-18(20)19(14-23)21(25)15-4-6-16(7-5-15)22(26)24-11-12-24/h4-9,13H,3,10-12H2,1-2H3. The van der Waals surface area contributed by atoms with Crippen molar-refractivity contribution in [1.82, 2.24) is 9.47 Å². The summed E-state index contributed by atoms with van der Waals surface area (Å²) in [6.07, 6.45) is 0.949. The number of rotatable bonds is 5. The van der Waals surface area contributed by atoms with Crippen LogP contribution in [0.4, 0.5) is 0 Å². The molecule has 5 heteroatoms. The number of nitrogens with zero attached hydrogens (tertiary/aromatic N) is 3. The third-order valence-electron chi connectivity index (χ3n) is 4.97. The smallest absolute Gasteiger partial charge is 0.253 e. The van der Waals surface area contributed by atoms with Gasteiger partial charge >= 0.3 is 0 Å². The zero-order chi connectivity index (χ0) is 19.0. The molecule has 2 heterocycles. The first kappa shape index (κ1) is 17.2. The van der Waals surface area contributed by atoms with Crippen LogP contribution in [0.25, 0.3) is 22.2 Å². The predicted molar refractivity (Wildman–Crippen MR) is 105 cm³/mol. The van der Waals surface area contributed by atoms with Crippen LogP contribution in [-0.4, -0.2) is 35.6 Å². The van der Waals surface area contributed by atoms with E-state index in [-0.39, 0.29) is 5.91 Å². The molecular weight excluding hydrogens is 338 g/mol. The Morgan fingerprint density at radius 3 is 2.52 bits per heavy atom. The molecule has 2 aromatic carbocycles. The zero-order valence-corrected chi connectivity index (χ0v) is 15.5. The fourth-order valence-electron chi connectivity index (χ4n) is 3.53. The van der Waals surface area contributed by atoms with E-state index in [1.807, 2.05) is 42.5 Å². The number of ether oxygens (including phenoxy) is 1. The summed E-state index contributed by atoms with van der Waals surface area (Å²) < 4.78 is 7.55. The highest BCUT2D eigenvalue weighted by Crippen LogP contribution is 2.35. The average Bonchev–Trinajstić information content (AvgIpc) is 3.51. The molecule has 0 saturated carbocycles. The van der Waals surface area contributed by atoms with Gasteiger partial charge in [-0.1, -0.05) is 19.1 Å². The van der Waals surface area contributed by atoms with Crippen LogP contribution in [-0.2, 0) is 6.54 Å². The van der Waals surface area contributed by atoms with Crippen LogP contribution in [0.5, 0.6) is 5.75 Å². The van der Waals surface area contributed by atoms with Crippen molar-refractivity contribution >= 4 is 16.8 Å². The van der Waals surface area contributed by atoms with Crippen LogP contribution < -0.4 is 4.74 Å². The molecule has 1 fully saturated rings. The lowest BCUT2D eigenvalue weighted by Crippen LogP contribution is -2.10. The van der Waals surface area contributed by atoms with Crippen LogP contribution in [0, 0.1) is 11.3 Å². The Morgan fingerprint density at radius 2 is 1.93 bits per heavy atom. The van der Waals surface area contributed by atoms with Gasteiger partial charge in [0.2, 0.25) is 0 Å². The highest BCUT2D eigenvalue weighted by atomic mass is 16.5. The van der Waals surface area contributed by atoms with E-state index in [0.717, 1.165) is 54.0 Å². The van der Waals surface area contributed by atoms with Crippen LogP contribution >= 0.6 is 0 Å². The molecule has 1 aliphatic heterocycles. The Balaban J connectivity index is 1.88. The molecular formula is C22H21N3O2. The number of methoxy groups -OCH3 is 1. The number of aryl methyl sites for hydroxylation is 1. The van der Waals surface area contributed by atoms with Gasteiger partial charge in [0.05, 0.1) is 23.9 Å². The minimum Gasteiger partial charge on any atom is -0.497 e. The fraction of sp³-hybridized carbons (Fsp3) is 0.273. The molecule has 0 unspecified atom stereocenters. The summed E-state index contributed by atoms with van der Waals surface area (Å²) in [5.41, 5.74) is 4.18. The summed E-state index contributed by atoms with van der Waals surface area (Å²) in [5, 5.41) is 10.8. The molecule has 5 nitrogen and oxygen atoms in total. The molecule has 1 aliphatic rings. The van der Waals surface area contributed by atoms with E-state index >= 15 is 0 Å². The van der Waals surface area contributed by atoms with E-state index in [1.54, 1.807) is 12.0 Å². The number of carbonyl (C=O) groups excluding carboxylic acids is 1. The average molecular weight is 359 g/mol. The third kappa shape index (κ3) is 2.93. The third-order valence-corrected chi connectivity index (χ3v) is 4.97. The van der Waals surface area contributed by atoms with E-state index in [1.165, 1.54) is 0 Å². The number of aromatic nitrogens is 1. The van der Waals surface area contributed by atoms with Crippen LogP contribution in [0.1, 0.15) is 29.3 Å². The molecule has 4 rings (SSSR count). The van der Waals surface area contributed by atoms with Gasteiger partial charge in [-0.3, -0.25) is 4.79 Å². The van der Waals surface area contributed by atoms with Crippen molar-refractivity contribution in [3.8, 4) is 23.1 Å². The van der Waals surface area contributed by atoms with Crippen molar-refractivity contribution in [3.63, 3.8) is 0 Å². The summed E-state index contributed by atoms with van der Waals surface area (Å²) >= 11 is 0. The maximum atomic E-state index is 12.2. The summed E-state index contributed by atoms with van der Waals surface area (Å²) in [6.45, 7) is 4.60. The van der Waals surface area contributed by atoms with E-state index in [9.17, 15) is 10.1 Å². The lowest BCUT2D eigenvalue weighted by atomic mass is 10.0. The minimum absolute atomic E-state index is 0.0703. The van der Waals surface area contributed by atoms with Crippen LogP contribution in [0.15, 0.2) is 42.5 Å². The highest BCUT2D eigenvalue weighted by molar-refractivity contribution is 5.98. The number of hydrogen-bond donors (Lipinski definition) is 0. The molecule has 0 bridgehead atoms. The van der Waals surface area contributed by atoms with E-state index in [0.29, 0.717) is 11.1 Å². The monoisotopic (exact) mass is 359 g/mol.